The molecule has 3 heterocycles. The van der Waals surface area contributed by atoms with E-state index in [9.17, 15) is 4.79 Å². The number of amides is 1. The third kappa shape index (κ3) is 5.34. The molecule has 0 radical (unpaired) electrons. The molecular weight excluding hydrogens is 360 g/mol. The Bertz CT molecular complexity index is 742. The van der Waals surface area contributed by atoms with Gasteiger partial charge in [-0.3, -0.25) is 14.7 Å². The van der Waals surface area contributed by atoms with Crippen molar-refractivity contribution in [2.75, 3.05) is 32.8 Å². The molecule has 7 heteroatoms. The topological polar surface area (TPSA) is 67.4 Å². The number of hydrogen-bond donors (Lipinski definition) is 1. The lowest BCUT2D eigenvalue weighted by molar-refractivity contribution is 0.0125. The Morgan fingerprint density at radius 2 is 2.11 bits per heavy atom. The average Bonchev–Trinajstić information content (AvgIpc) is 3.08. The Balaban J connectivity index is 1.66. The first-order valence-corrected chi connectivity index (χ1v) is 10.3. The van der Waals surface area contributed by atoms with Crippen LogP contribution in [0.1, 0.15) is 35.6 Å². The molecule has 6 nitrogen and oxygen atoms in total. The number of aryl methyl sites for hydroxylation is 1. The lowest BCUT2D eigenvalue weighted by Gasteiger charge is -2.35. The standard InChI is InChI=1S/C20H28N4O2S/c1-14(2)12-16(24-8-10-26-11-9-24)13-22-19(25)18-15(3)23-20(27-18)17-6-4-5-7-21-17/h4-7,14,16H,8-13H2,1-3H3,(H,22,25)/t16-/m1/s1. The van der Waals surface area contributed by atoms with Crippen LogP contribution in [0.4, 0.5) is 0 Å². The Hall–Kier alpha value is -1.83. The van der Waals surface area contributed by atoms with Gasteiger partial charge in [0.05, 0.1) is 24.6 Å². The zero-order valence-corrected chi connectivity index (χ0v) is 17.1. The van der Waals surface area contributed by atoms with E-state index in [0.29, 0.717) is 23.4 Å². The molecule has 0 aromatic carbocycles. The highest BCUT2D eigenvalue weighted by Crippen LogP contribution is 2.26. The van der Waals surface area contributed by atoms with Gasteiger partial charge >= 0.3 is 0 Å². The predicted octanol–water partition coefficient (Wildman–Crippen LogP) is 2.99. The second-order valence-corrected chi connectivity index (χ2v) is 8.29. The fourth-order valence-corrected chi connectivity index (χ4v) is 4.30. The molecule has 27 heavy (non-hydrogen) atoms. The van der Waals surface area contributed by atoms with E-state index in [4.69, 9.17) is 4.74 Å². The zero-order valence-electron chi connectivity index (χ0n) is 16.3. The highest BCUT2D eigenvalue weighted by atomic mass is 32.1. The van der Waals surface area contributed by atoms with Crippen molar-refractivity contribution in [1.29, 1.82) is 0 Å². The number of pyridine rings is 1. The van der Waals surface area contributed by atoms with Gasteiger partial charge in [0.2, 0.25) is 0 Å². The van der Waals surface area contributed by atoms with E-state index in [-0.39, 0.29) is 5.91 Å². The minimum Gasteiger partial charge on any atom is -0.379 e. The van der Waals surface area contributed by atoms with Gasteiger partial charge in [-0.1, -0.05) is 19.9 Å². The zero-order chi connectivity index (χ0) is 19.2. The third-order valence-corrected chi connectivity index (χ3v) is 5.87. The molecule has 1 aliphatic heterocycles. The SMILES string of the molecule is Cc1nc(-c2ccccn2)sc1C(=O)NC[C@@H](CC(C)C)N1CCOCC1. The summed E-state index contributed by atoms with van der Waals surface area (Å²) < 4.78 is 5.47. The van der Waals surface area contributed by atoms with Gasteiger partial charge in [0.25, 0.3) is 5.91 Å². The van der Waals surface area contributed by atoms with Crippen molar-refractivity contribution in [3.63, 3.8) is 0 Å². The number of ether oxygens (including phenoxy) is 1. The lowest BCUT2D eigenvalue weighted by atomic mass is 10.0. The van der Waals surface area contributed by atoms with Gasteiger partial charge in [0, 0.05) is 31.9 Å². The Morgan fingerprint density at radius 3 is 2.78 bits per heavy atom. The lowest BCUT2D eigenvalue weighted by Crippen LogP contribution is -2.49. The van der Waals surface area contributed by atoms with E-state index in [1.165, 1.54) is 11.3 Å². The maximum Gasteiger partial charge on any atom is 0.263 e. The van der Waals surface area contributed by atoms with Crippen LogP contribution in [0.5, 0.6) is 0 Å². The van der Waals surface area contributed by atoms with Crippen molar-refractivity contribution in [3.05, 3.63) is 35.0 Å². The summed E-state index contributed by atoms with van der Waals surface area (Å²) >= 11 is 1.40. The number of nitrogens with zero attached hydrogens (tertiary/aromatic N) is 3. The smallest absolute Gasteiger partial charge is 0.263 e. The summed E-state index contributed by atoms with van der Waals surface area (Å²) in [5.74, 6) is 0.532. The van der Waals surface area contributed by atoms with Gasteiger partial charge in [-0.25, -0.2) is 4.98 Å². The highest BCUT2D eigenvalue weighted by Gasteiger charge is 2.24. The molecule has 0 unspecified atom stereocenters. The Labute approximate surface area is 165 Å². The van der Waals surface area contributed by atoms with Crippen molar-refractivity contribution < 1.29 is 9.53 Å². The van der Waals surface area contributed by atoms with Crippen LogP contribution in [0.15, 0.2) is 24.4 Å². The van der Waals surface area contributed by atoms with Crippen LogP contribution in [0, 0.1) is 12.8 Å². The summed E-state index contributed by atoms with van der Waals surface area (Å²) in [7, 11) is 0. The molecule has 2 aromatic rings. The molecule has 0 saturated carbocycles. The second kappa shape index (κ2) is 9.39. The first-order chi connectivity index (χ1) is 13.0. The monoisotopic (exact) mass is 388 g/mol. The maximum absolute atomic E-state index is 12.8. The third-order valence-electron chi connectivity index (χ3n) is 4.69. The summed E-state index contributed by atoms with van der Waals surface area (Å²) in [6.45, 7) is 10.4. The summed E-state index contributed by atoms with van der Waals surface area (Å²) in [6.07, 6.45) is 2.80. The largest absolute Gasteiger partial charge is 0.379 e. The van der Waals surface area contributed by atoms with Gasteiger partial charge in [0.1, 0.15) is 9.88 Å². The molecule has 146 valence electrons. The molecule has 1 fully saturated rings. The van der Waals surface area contributed by atoms with Crippen molar-refractivity contribution >= 4 is 17.2 Å². The summed E-state index contributed by atoms with van der Waals surface area (Å²) in [5.41, 5.74) is 1.56. The molecular formula is C20H28N4O2S. The predicted molar refractivity (Wildman–Crippen MR) is 108 cm³/mol. The van der Waals surface area contributed by atoms with E-state index >= 15 is 0 Å². The number of aromatic nitrogens is 2. The minimum atomic E-state index is -0.0470. The molecule has 1 aliphatic rings. The molecule has 2 aromatic heterocycles. The van der Waals surface area contributed by atoms with E-state index in [1.807, 2.05) is 25.1 Å². The first-order valence-electron chi connectivity index (χ1n) is 9.53. The molecule has 1 amide bonds. The average molecular weight is 389 g/mol. The number of morpholine rings is 1. The maximum atomic E-state index is 12.8. The summed E-state index contributed by atoms with van der Waals surface area (Å²) in [4.78, 5) is 24.7. The number of carbonyl (C=O) groups excluding carboxylic acids is 1. The van der Waals surface area contributed by atoms with E-state index in [1.54, 1.807) is 6.20 Å². The fraction of sp³-hybridized carbons (Fsp3) is 0.550. The van der Waals surface area contributed by atoms with Crippen LogP contribution in [0.2, 0.25) is 0 Å². The van der Waals surface area contributed by atoms with Gasteiger partial charge in [-0.2, -0.15) is 0 Å². The van der Waals surface area contributed by atoms with Crippen LogP contribution in [-0.4, -0.2) is 59.7 Å². The van der Waals surface area contributed by atoms with Crippen LogP contribution in [0.3, 0.4) is 0 Å². The molecule has 1 N–H and O–H groups in total. The van der Waals surface area contributed by atoms with E-state index in [2.05, 4.69) is 34.0 Å². The normalized spacial score (nSPS) is 16.4. The van der Waals surface area contributed by atoms with Crippen LogP contribution >= 0.6 is 11.3 Å². The first kappa shape index (κ1) is 19.9. The molecule has 0 bridgehead atoms. The molecule has 3 rings (SSSR count). The summed E-state index contributed by atoms with van der Waals surface area (Å²) in [5, 5.41) is 3.92. The molecule has 0 spiro atoms. The highest BCUT2D eigenvalue weighted by molar-refractivity contribution is 7.17. The van der Waals surface area contributed by atoms with E-state index < -0.39 is 0 Å². The van der Waals surface area contributed by atoms with Crippen molar-refractivity contribution in [2.45, 2.75) is 33.2 Å². The number of rotatable bonds is 7. The van der Waals surface area contributed by atoms with Gasteiger partial charge in [-0.05, 0) is 31.4 Å². The second-order valence-electron chi connectivity index (χ2n) is 7.29. The van der Waals surface area contributed by atoms with Crippen LogP contribution in [-0.2, 0) is 4.74 Å². The number of thiazole rings is 1. The molecule has 1 atom stereocenters. The number of carbonyl (C=O) groups is 1. The van der Waals surface area contributed by atoms with Crippen LogP contribution in [0.25, 0.3) is 10.7 Å². The summed E-state index contributed by atoms with van der Waals surface area (Å²) in [6, 6.07) is 6.05. The van der Waals surface area contributed by atoms with Gasteiger partial charge in [0.15, 0.2) is 0 Å². The Kier molecular flexibility index (Phi) is 6.93. The molecule has 1 saturated heterocycles. The van der Waals surface area contributed by atoms with E-state index in [0.717, 1.165) is 49.1 Å². The number of hydrogen-bond acceptors (Lipinski definition) is 6. The van der Waals surface area contributed by atoms with Gasteiger partial charge in [-0.15, -0.1) is 11.3 Å². The van der Waals surface area contributed by atoms with Crippen molar-refractivity contribution in [3.8, 4) is 10.7 Å². The van der Waals surface area contributed by atoms with Crippen LogP contribution < -0.4 is 5.32 Å². The van der Waals surface area contributed by atoms with Gasteiger partial charge < -0.3 is 10.1 Å². The van der Waals surface area contributed by atoms with Crippen molar-refractivity contribution in [2.24, 2.45) is 5.92 Å². The number of nitrogens with one attached hydrogen (secondary N) is 1. The minimum absolute atomic E-state index is 0.0470. The fourth-order valence-electron chi connectivity index (χ4n) is 3.34. The quantitative estimate of drug-likeness (QED) is 0.790. The van der Waals surface area contributed by atoms with Crippen molar-refractivity contribution in [1.82, 2.24) is 20.2 Å². The Morgan fingerprint density at radius 1 is 1.33 bits per heavy atom. The molecule has 0 aliphatic carbocycles.